The molecule has 0 aromatic heterocycles. The molecular formula is C14H20N2O5S. The van der Waals surface area contributed by atoms with Gasteiger partial charge >= 0.3 is 12.0 Å². The molecule has 0 saturated heterocycles. The predicted molar refractivity (Wildman–Crippen MR) is 82.7 cm³/mol. The highest BCUT2D eigenvalue weighted by Crippen LogP contribution is 2.16. The molecule has 7 nitrogen and oxygen atoms in total. The summed E-state index contributed by atoms with van der Waals surface area (Å²) in [7, 11) is -3.35. The van der Waals surface area contributed by atoms with Crippen LogP contribution in [0.2, 0.25) is 0 Å². The molecule has 3 N–H and O–H groups in total. The summed E-state index contributed by atoms with van der Waals surface area (Å²) in [4.78, 5) is 22.6. The van der Waals surface area contributed by atoms with E-state index in [0.717, 1.165) is 6.26 Å². The molecule has 1 aromatic rings. The van der Waals surface area contributed by atoms with Crippen molar-refractivity contribution in [2.24, 2.45) is 0 Å². The van der Waals surface area contributed by atoms with Gasteiger partial charge in [-0.1, -0.05) is 6.07 Å². The van der Waals surface area contributed by atoms with Gasteiger partial charge in [-0.05, 0) is 38.5 Å². The zero-order chi connectivity index (χ0) is 17.0. The number of anilines is 1. The van der Waals surface area contributed by atoms with Gasteiger partial charge in [0, 0.05) is 23.9 Å². The molecule has 0 heterocycles. The summed E-state index contributed by atoms with van der Waals surface area (Å²) in [6, 6.07) is 5.37. The maximum absolute atomic E-state index is 11.9. The first-order valence-corrected chi connectivity index (χ1v) is 8.50. The number of amides is 2. The fourth-order valence-electron chi connectivity index (χ4n) is 1.76. The van der Waals surface area contributed by atoms with Crippen LogP contribution in [0.25, 0.3) is 0 Å². The number of urea groups is 1. The molecule has 0 aliphatic heterocycles. The summed E-state index contributed by atoms with van der Waals surface area (Å²) in [6.07, 6.45) is 1.30. The number of sulfone groups is 1. The Hall–Kier alpha value is -2.09. The average Bonchev–Trinajstić information content (AvgIpc) is 2.35. The van der Waals surface area contributed by atoms with Gasteiger partial charge in [0.05, 0.1) is 4.90 Å². The van der Waals surface area contributed by atoms with E-state index < -0.39 is 27.4 Å². The fourth-order valence-corrected chi connectivity index (χ4v) is 2.42. The molecule has 0 unspecified atom stereocenters. The van der Waals surface area contributed by atoms with Gasteiger partial charge < -0.3 is 15.7 Å². The quantitative estimate of drug-likeness (QED) is 0.737. The first-order valence-electron chi connectivity index (χ1n) is 6.61. The fraction of sp³-hybridized carbons (Fsp3) is 0.429. The van der Waals surface area contributed by atoms with Crippen molar-refractivity contribution in [3.8, 4) is 0 Å². The van der Waals surface area contributed by atoms with Crippen LogP contribution in [0.15, 0.2) is 29.2 Å². The van der Waals surface area contributed by atoms with Crippen LogP contribution >= 0.6 is 0 Å². The van der Waals surface area contributed by atoms with Crippen molar-refractivity contribution in [3.63, 3.8) is 0 Å². The number of hydrogen-bond acceptors (Lipinski definition) is 4. The number of benzene rings is 1. The molecule has 0 bridgehead atoms. The number of carbonyl (C=O) groups is 2. The highest BCUT2D eigenvalue weighted by Gasteiger charge is 2.21. The Bertz CT molecular complexity index is 668. The monoisotopic (exact) mass is 328 g/mol. The van der Waals surface area contributed by atoms with Gasteiger partial charge in [-0.25, -0.2) is 13.2 Å². The summed E-state index contributed by atoms with van der Waals surface area (Å²) in [5.74, 6) is -0.934. The number of aliphatic carboxylic acids is 1. The van der Waals surface area contributed by atoms with Crippen LogP contribution < -0.4 is 10.6 Å². The van der Waals surface area contributed by atoms with Crippen LogP contribution in [0.5, 0.6) is 0 Å². The first kappa shape index (κ1) is 18.0. The second-order valence-electron chi connectivity index (χ2n) is 5.66. The molecule has 0 radical (unpaired) electrons. The molecule has 0 fully saturated rings. The lowest BCUT2D eigenvalue weighted by molar-refractivity contribution is -0.137. The summed E-state index contributed by atoms with van der Waals surface area (Å²) >= 11 is 0. The minimum absolute atomic E-state index is 0.0587. The zero-order valence-electron chi connectivity index (χ0n) is 12.7. The van der Waals surface area contributed by atoms with E-state index in [1.807, 2.05) is 0 Å². The van der Waals surface area contributed by atoms with Gasteiger partial charge in [-0.15, -0.1) is 0 Å². The molecule has 22 heavy (non-hydrogen) atoms. The van der Waals surface area contributed by atoms with Crippen LogP contribution in [0.1, 0.15) is 26.7 Å². The van der Waals surface area contributed by atoms with E-state index in [0.29, 0.717) is 5.69 Å². The van der Waals surface area contributed by atoms with E-state index in [9.17, 15) is 18.0 Å². The zero-order valence-corrected chi connectivity index (χ0v) is 13.5. The number of carbonyl (C=O) groups excluding carboxylic acids is 1. The van der Waals surface area contributed by atoms with E-state index in [4.69, 9.17) is 5.11 Å². The lowest BCUT2D eigenvalue weighted by Crippen LogP contribution is -2.45. The molecular weight excluding hydrogens is 308 g/mol. The lowest BCUT2D eigenvalue weighted by atomic mass is 9.99. The Morgan fingerprint density at radius 1 is 1.27 bits per heavy atom. The smallest absolute Gasteiger partial charge is 0.319 e. The van der Waals surface area contributed by atoms with Crippen molar-refractivity contribution in [1.82, 2.24) is 5.32 Å². The molecule has 1 rings (SSSR count). The standard InChI is InChI=1S/C14H20N2O5S/c1-14(2,8-7-12(17)18)16-13(19)15-10-5-4-6-11(9-10)22(3,20)21/h4-6,9H,7-8H2,1-3H3,(H,17,18)(H2,15,16,19). The molecule has 8 heteroatoms. The van der Waals surface area contributed by atoms with Gasteiger partial charge in [-0.3, -0.25) is 4.79 Å². The van der Waals surface area contributed by atoms with Gasteiger partial charge in [0.15, 0.2) is 9.84 Å². The lowest BCUT2D eigenvalue weighted by Gasteiger charge is -2.25. The number of nitrogens with one attached hydrogen (secondary N) is 2. The summed E-state index contributed by atoms with van der Waals surface area (Å²) in [5, 5.41) is 13.9. The summed E-state index contributed by atoms with van der Waals surface area (Å²) in [6.45, 7) is 3.42. The first-order chi connectivity index (χ1) is 9.99. The van der Waals surface area contributed by atoms with E-state index >= 15 is 0 Å². The van der Waals surface area contributed by atoms with E-state index in [2.05, 4.69) is 10.6 Å². The Labute approximate surface area is 129 Å². The number of hydrogen-bond donors (Lipinski definition) is 3. The van der Waals surface area contributed by atoms with Crippen LogP contribution in [0.3, 0.4) is 0 Å². The second kappa shape index (κ2) is 6.78. The molecule has 0 atom stereocenters. The van der Waals surface area contributed by atoms with Crippen molar-refractivity contribution < 1.29 is 23.1 Å². The third-order valence-electron chi connectivity index (χ3n) is 2.94. The maximum Gasteiger partial charge on any atom is 0.319 e. The Balaban J connectivity index is 2.71. The van der Waals surface area contributed by atoms with Crippen LogP contribution in [0.4, 0.5) is 10.5 Å². The minimum atomic E-state index is -3.35. The third kappa shape index (κ3) is 6.13. The second-order valence-corrected chi connectivity index (χ2v) is 7.67. The van der Waals surface area contributed by atoms with Crippen molar-refractivity contribution in [2.45, 2.75) is 37.1 Å². The molecule has 0 saturated carbocycles. The van der Waals surface area contributed by atoms with Gasteiger partial charge in [0.2, 0.25) is 0 Å². The summed E-state index contributed by atoms with van der Waals surface area (Å²) < 4.78 is 22.9. The maximum atomic E-state index is 11.9. The van der Waals surface area contributed by atoms with Crippen molar-refractivity contribution >= 4 is 27.5 Å². The Morgan fingerprint density at radius 2 is 1.91 bits per heavy atom. The Morgan fingerprint density at radius 3 is 2.45 bits per heavy atom. The van der Waals surface area contributed by atoms with Gasteiger partial charge in [-0.2, -0.15) is 0 Å². The molecule has 0 aliphatic rings. The predicted octanol–water partition coefficient (Wildman–Crippen LogP) is 1.85. The van der Waals surface area contributed by atoms with Gasteiger partial charge in [0.25, 0.3) is 0 Å². The molecule has 122 valence electrons. The van der Waals surface area contributed by atoms with E-state index in [1.54, 1.807) is 19.9 Å². The van der Waals surface area contributed by atoms with Gasteiger partial charge in [0.1, 0.15) is 0 Å². The Kier molecular flexibility index (Phi) is 5.54. The molecule has 0 spiro atoms. The van der Waals surface area contributed by atoms with Crippen molar-refractivity contribution in [1.29, 1.82) is 0 Å². The largest absolute Gasteiger partial charge is 0.481 e. The number of rotatable bonds is 6. The topological polar surface area (TPSA) is 113 Å². The van der Waals surface area contributed by atoms with E-state index in [1.165, 1.54) is 18.2 Å². The molecule has 0 aliphatic carbocycles. The normalized spacial score (nSPS) is 11.8. The van der Waals surface area contributed by atoms with E-state index in [-0.39, 0.29) is 17.7 Å². The number of carboxylic acid groups (broad SMARTS) is 1. The molecule has 1 aromatic carbocycles. The number of carboxylic acids is 1. The third-order valence-corrected chi connectivity index (χ3v) is 4.05. The van der Waals surface area contributed by atoms with Crippen molar-refractivity contribution in [2.75, 3.05) is 11.6 Å². The average molecular weight is 328 g/mol. The van der Waals surface area contributed by atoms with Crippen LogP contribution in [-0.4, -0.2) is 37.3 Å². The van der Waals surface area contributed by atoms with Crippen LogP contribution in [-0.2, 0) is 14.6 Å². The summed E-state index contributed by atoms with van der Waals surface area (Å²) in [5.41, 5.74) is -0.355. The molecule has 2 amide bonds. The minimum Gasteiger partial charge on any atom is -0.481 e. The highest BCUT2D eigenvalue weighted by molar-refractivity contribution is 7.90. The highest BCUT2D eigenvalue weighted by atomic mass is 32.2. The van der Waals surface area contributed by atoms with Crippen LogP contribution in [0, 0.1) is 0 Å². The SMILES string of the molecule is CC(C)(CCC(=O)O)NC(=O)Nc1cccc(S(C)(=O)=O)c1. The van der Waals surface area contributed by atoms with Crippen molar-refractivity contribution in [3.05, 3.63) is 24.3 Å².